The number of alkyl halides is 2. The quantitative estimate of drug-likeness (QED) is 0.557. The molecule has 0 fully saturated rings. The van der Waals surface area contributed by atoms with Gasteiger partial charge in [-0.15, -0.1) is 23.2 Å². The molecule has 0 rings (SSSR count). The Bertz CT molecular complexity index is 50.4. The predicted octanol–water partition coefficient (Wildman–Crippen LogP) is 2.04. The van der Waals surface area contributed by atoms with Crippen molar-refractivity contribution in [1.29, 1.82) is 0 Å². The molecule has 0 aromatic carbocycles. The lowest BCUT2D eigenvalue weighted by Gasteiger charge is -2.08. The van der Waals surface area contributed by atoms with Crippen molar-refractivity contribution in [3.63, 3.8) is 0 Å². The van der Waals surface area contributed by atoms with E-state index < -0.39 is 5.38 Å². The summed E-state index contributed by atoms with van der Waals surface area (Å²) in [7, 11) is 0. The van der Waals surface area contributed by atoms with Crippen LogP contribution in [0.5, 0.6) is 0 Å². The molecule has 0 aliphatic carbocycles. The van der Waals surface area contributed by atoms with Crippen LogP contribution in [0.4, 0.5) is 0 Å². The zero-order valence-corrected chi connectivity index (χ0v) is 6.24. The summed E-state index contributed by atoms with van der Waals surface area (Å²) < 4.78 is 0. The Kier molecular flexibility index (Phi) is 4.72. The Hall–Kier alpha value is 0.540. The molecule has 0 heterocycles. The summed E-state index contributed by atoms with van der Waals surface area (Å²) in [6.45, 7) is 1.62. The van der Waals surface area contributed by atoms with Gasteiger partial charge in [0, 0.05) is 0 Å². The lowest BCUT2D eigenvalue weighted by molar-refractivity contribution is 0.190. The Morgan fingerprint density at radius 2 is 1.88 bits per heavy atom. The highest BCUT2D eigenvalue weighted by atomic mass is 35.5. The third-order valence-electron chi connectivity index (χ3n) is 0.942. The van der Waals surface area contributed by atoms with Crippen LogP contribution in [0.15, 0.2) is 0 Å². The molecule has 1 nitrogen and oxygen atoms in total. The Morgan fingerprint density at radius 1 is 1.38 bits per heavy atom. The van der Waals surface area contributed by atoms with Gasteiger partial charge in [0.15, 0.2) is 0 Å². The number of rotatable bonds is 3. The second kappa shape index (κ2) is 4.42. The van der Waals surface area contributed by atoms with E-state index in [0.29, 0.717) is 0 Å². The molecule has 0 aromatic rings. The molecule has 3 heteroatoms. The fourth-order valence-corrected chi connectivity index (χ4v) is 0.611. The average molecular weight is 156 g/mol. The summed E-state index contributed by atoms with van der Waals surface area (Å²) in [5.41, 5.74) is 0. The van der Waals surface area contributed by atoms with Crippen LogP contribution in [0.3, 0.4) is 0 Å². The standard InChI is InChI=1S/C5H9Cl2O/c1-2-4(6)5(7)3-8/h4-5H,2-3H2,1H3. The largest absolute Gasteiger partial charge is 0.235 e. The molecule has 1 radical (unpaired) electrons. The molecule has 8 heavy (non-hydrogen) atoms. The van der Waals surface area contributed by atoms with Crippen LogP contribution in [0.25, 0.3) is 0 Å². The zero-order chi connectivity index (χ0) is 6.57. The van der Waals surface area contributed by atoms with E-state index >= 15 is 0 Å². The minimum atomic E-state index is -0.401. The highest BCUT2D eigenvalue weighted by Gasteiger charge is 2.12. The minimum Gasteiger partial charge on any atom is -0.235 e. The Morgan fingerprint density at radius 3 is 2.00 bits per heavy atom. The van der Waals surface area contributed by atoms with Crippen molar-refractivity contribution in [2.24, 2.45) is 0 Å². The first-order chi connectivity index (χ1) is 3.72. The molecule has 2 atom stereocenters. The third-order valence-corrected chi connectivity index (χ3v) is 2.11. The monoisotopic (exact) mass is 155 g/mol. The number of hydrogen-bond acceptors (Lipinski definition) is 0. The van der Waals surface area contributed by atoms with Crippen molar-refractivity contribution in [3.05, 3.63) is 0 Å². The number of hydrogen-bond donors (Lipinski definition) is 0. The van der Waals surface area contributed by atoms with Gasteiger partial charge in [0.1, 0.15) is 0 Å². The van der Waals surface area contributed by atoms with E-state index in [1.165, 1.54) is 0 Å². The summed E-state index contributed by atoms with van der Waals surface area (Å²) in [6, 6.07) is 0. The highest BCUT2D eigenvalue weighted by Crippen LogP contribution is 2.12. The second-order valence-corrected chi connectivity index (χ2v) is 2.73. The molecule has 0 saturated heterocycles. The van der Waals surface area contributed by atoms with Crippen LogP contribution >= 0.6 is 23.2 Å². The maximum atomic E-state index is 10.0. The first kappa shape index (κ1) is 8.54. The molecule has 0 saturated carbocycles. The van der Waals surface area contributed by atoms with Crippen LogP contribution in [0.1, 0.15) is 13.3 Å². The van der Waals surface area contributed by atoms with E-state index in [0.717, 1.165) is 6.42 Å². The van der Waals surface area contributed by atoms with E-state index in [2.05, 4.69) is 0 Å². The van der Waals surface area contributed by atoms with Gasteiger partial charge in [-0.25, -0.2) is 5.11 Å². The van der Waals surface area contributed by atoms with Crippen molar-refractivity contribution >= 4 is 23.2 Å². The maximum Gasteiger partial charge on any atom is 0.1000 e. The van der Waals surface area contributed by atoms with Crippen molar-refractivity contribution in [2.45, 2.75) is 24.1 Å². The van der Waals surface area contributed by atoms with Crippen LogP contribution in [-0.4, -0.2) is 17.4 Å². The zero-order valence-electron chi connectivity index (χ0n) is 4.73. The van der Waals surface area contributed by atoms with Crippen molar-refractivity contribution < 1.29 is 5.11 Å². The Labute approximate surface area is 59.6 Å². The third kappa shape index (κ3) is 2.75. The van der Waals surface area contributed by atoms with Gasteiger partial charge in [-0.3, -0.25) is 0 Å². The van der Waals surface area contributed by atoms with Crippen LogP contribution < -0.4 is 0 Å². The van der Waals surface area contributed by atoms with Gasteiger partial charge < -0.3 is 0 Å². The molecule has 0 aromatic heterocycles. The molecule has 2 unspecified atom stereocenters. The summed E-state index contributed by atoms with van der Waals surface area (Å²) >= 11 is 11.1. The summed E-state index contributed by atoms with van der Waals surface area (Å²) in [5, 5.41) is 9.45. The van der Waals surface area contributed by atoms with Crippen LogP contribution in [0.2, 0.25) is 0 Å². The van der Waals surface area contributed by atoms with Gasteiger partial charge in [-0.1, -0.05) is 6.92 Å². The highest BCUT2D eigenvalue weighted by molar-refractivity contribution is 6.30. The van der Waals surface area contributed by atoms with E-state index in [1.54, 1.807) is 0 Å². The van der Waals surface area contributed by atoms with Gasteiger partial charge in [0.25, 0.3) is 0 Å². The van der Waals surface area contributed by atoms with Crippen molar-refractivity contribution in [3.8, 4) is 0 Å². The van der Waals surface area contributed by atoms with Crippen LogP contribution in [-0.2, 0) is 5.11 Å². The van der Waals surface area contributed by atoms with E-state index in [9.17, 15) is 5.11 Å². The molecule has 0 bridgehead atoms. The lowest BCUT2D eigenvalue weighted by Crippen LogP contribution is -2.16. The normalized spacial score (nSPS) is 18.0. The van der Waals surface area contributed by atoms with Crippen LogP contribution in [0, 0.1) is 0 Å². The topological polar surface area (TPSA) is 19.9 Å². The van der Waals surface area contributed by atoms with E-state index in [-0.39, 0.29) is 12.0 Å². The molecule has 0 aliphatic heterocycles. The average Bonchev–Trinajstić information content (AvgIpc) is 1.84. The van der Waals surface area contributed by atoms with E-state index in [4.69, 9.17) is 23.2 Å². The van der Waals surface area contributed by atoms with Gasteiger partial charge in [0.05, 0.1) is 17.4 Å². The smallest absolute Gasteiger partial charge is 0.1000 e. The second-order valence-electron chi connectivity index (χ2n) is 1.61. The molecule has 0 amide bonds. The molecule has 0 N–H and O–H groups in total. The summed E-state index contributed by atoms with van der Waals surface area (Å²) in [5.74, 6) is 0. The SMILES string of the molecule is CCC(Cl)C(Cl)C[O]. The lowest BCUT2D eigenvalue weighted by atomic mass is 10.2. The van der Waals surface area contributed by atoms with Gasteiger partial charge >= 0.3 is 0 Å². The maximum absolute atomic E-state index is 10.0. The predicted molar refractivity (Wildman–Crippen MR) is 35.1 cm³/mol. The van der Waals surface area contributed by atoms with Crippen molar-refractivity contribution in [2.75, 3.05) is 6.61 Å². The van der Waals surface area contributed by atoms with Gasteiger partial charge in [-0.05, 0) is 6.42 Å². The van der Waals surface area contributed by atoms with Gasteiger partial charge in [0.2, 0.25) is 0 Å². The minimum absolute atomic E-state index is 0.158. The fourth-order valence-electron chi connectivity index (χ4n) is 0.360. The van der Waals surface area contributed by atoms with E-state index in [1.807, 2.05) is 6.92 Å². The molecule has 49 valence electrons. The number of halogens is 2. The van der Waals surface area contributed by atoms with Crippen molar-refractivity contribution in [1.82, 2.24) is 0 Å². The molecular weight excluding hydrogens is 147 g/mol. The first-order valence-corrected chi connectivity index (χ1v) is 3.45. The molecule has 0 spiro atoms. The summed E-state index contributed by atoms with van der Waals surface area (Å²) in [6.07, 6.45) is 0.762. The molecular formula is C5H9Cl2O. The first-order valence-electron chi connectivity index (χ1n) is 2.58. The van der Waals surface area contributed by atoms with Gasteiger partial charge in [-0.2, -0.15) is 0 Å². The fraction of sp³-hybridized carbons (Fsp3) is 1.00. The Balaban J connectivity index is 3.29. The summed E-state index contributed by atoms with van der Waals surface area (Å²) in [4.78, 5) is 0. The molecule has 0 aliphatic rings.